The number of nitrogens with two attached hydrogens (primary N) is 2. The molecule has 6 N–H and O–H groups in total. The number of aliphatic hydroxyl groups excluding tert-OH is 1. The van der Waals surface area contributed by atoms with E-state index in [-0.39, 0.29) is 18.3 Å². The molecule has 1 unspecified atom stereocenters. The number of Topliss-reactive ketones (excluding diaryl/α,β-unsaturated/α-hetero) is 1. The second-order valence-electron chi connectivity index (χ2n) is 9.02. The molecule has 0 bridgehead atoms. The van der Waals surface area contributed by atoms with Gasteiger partial charge in [0.05, 0.1) is 23.7 Å². The first-order chi connectivity index (χ1) is 16.4. The maximum absolute atomic E-state index is 13.0. The summed E-state index contributed by atoms with van der Waals surface area (Å²) in [5.41, 5.74) is 18.2. The maximum atomic E-state index is 13.0. The van der Waals surface area contributed by atoms with Crippen LogP contribution >= 0.6 is 0 Å². The van der Waals surface area contributed by atoms with Gasteiger partial charge < -0.3 is 26.8 Å². The fourth-order valence-corrected chi connectivity index (χ4v) is 4.45. The van der Waals surface area contributed by atoms with E-state index in [1.807, 2.05) is 56.3 Å². The van der Waals surface area contributed by atoms with Crippen molar-refractivity contribution in [2.75, 3.05) is 61.0 Å². The number of nitrogens with one attached hydrogen (secondary N) is 1. The van der Waals surface area contributed by atoms with Gasteiger partial charge in [0.15, 0.2) is 5.84 Å². The van der Waals surface area contributed by atoms with Crippen molar-refractivity contribution in [3.05, 3.63) is 53.6 Å². The van der Waals surface area contributed by atoms with Crippen LogP contribution in [0.25, 0.3) is 5.70 Å². The van der Waals surface area contributed by atoms with E-state index in [1.54, 1.807) is 0 Å². The lowest BCUT2D eigenvalue weighted by Crippen LogP contribution is -2.47. The summed E-state index contributed by atoms with van der Waals surface area (Å²) < 4.78 is 0. The minimum atomic E-state index is -0.183. The fraction of sp³-hybridized carbons (Fsp3) is 0.385. The van der Waals surface area contributed by atoms with Crippen molar-refractivity contribution in [3.63, 3.8) is 0 Å². The second kappa shape index (κ2) is 10.3. The molecule has 4 rings (SSSR count). The number of allylic oxidation sites excluding steroid dienone is 1. The van der Waals surface area contributed by atoms with Gasteiger partial charge in [-0.1, -0.05) is 25.1 Å². The summed E-state index contributed by atoms with van der Waals surface area (Å²) in [5.74, 6) is 0.0928. The molecule has 2 aromatic rings. The lowest BCUT2D eigenvalue weighted by atomic mass is 10.00. The minimum absolute atomic E-state index is 0.0320. The molecule has 8 heteroatoms. The monoisotopic (exact) mass is 462 g/mol. The van der Waals surface area contributed by atoms with Crippen LogP contribution in [0, 0.1) is 12.8 Å². The molecule has 34 heavy (non-hydrogen) atoms. The van der Waals surface area contributed by atoms with E-state index in [9.17, 15) is 4.79 Å². The van der Waals surface area contributed by atoms with Crippen LogP contribution in [-0.2, 0) is 4.79 Å². The number of amidine groups is 1. The third kappa shape index (κ3) is 5.08. The van der Waals surface area contributed by atoms with Crippen LogP contribution in [0.5, 0.6) is 0 Å². The highest BCUT2D eigenvalue weighted by Crippen LogP contribution is 2.30. The Morgan fingerprint density at radius 3 is 2.59 bits per heavy atom. The average molecular weight is 463 g/mol. The van der Waals surface area contributed by atoms with Gasteiger partial charge in [-0.3, -0.25) is 9.69 Å². The van der Waals surface area contributed by atoms with Gasteiger partial charge >= 0.3 is 0 Å². The molecule has 2 heterocycles. The molecule has 8 nitrogen and oxygen atoms in total. The summed E-state index contributed by atoms with van der Waals surface area (Å²) in [5, 5.41) is 12.4. The number of carbonyl (C=O) groups excluding carboxylic acids is 1. The number of aliphatic imine (C=N–C) groups is 1. The van der Waals surface area contributed by atoms with E-state index >= 15 is 0 Å². The third-order valence-electron chi connectivity index (χ3n) is 6.65. The predicted molar refractivity (Wildman–Crippen MR) is 140 cm³/mol. The molecule has 180 valence electrons. The normalized spacial score (nSPS) is 19.4. The van der Waals surface area contributed by atoms with E-state index in [1.165, 1.54) is 0 Å². The number of rotatable bonds is 5. The van der Waals surface area contributed by atoms with Crippen molar-refractivity contribution in [1.82, 2.24) is 4.90 Å². The first-order valence-corrected chi connectivity index (χ1v) is 11.8. The van der Waals surface area contributed by atoms with E-state index < -0.39 is 0 Å². The number of carbonyl (C=O) groups is 1. The predicted octanol–water partition coefficient (Wildman–Crippen LogP) is 2.73. The Kier molecular flexibility index (Phi) is 7.19. The van der Waals surface area contributed by atoms with E-state index in [2.05, 4.69) is 15.1 Å². The number of piperazine rings is 1. The SMILES string of the molecule is Cc1c(N)cccc1C1=CCC(C)C(=O)C(Nc2ccc(N3CCN(CCO)CC3)c(N)c2)=N1. The van der Waals surface area contributed by atoms with Crippen molar-refractivity contribution in [1.29, 1.82) is 0 Å². The van der Waals surface area contributed by atoms with Crippen LogP contribution < -0.4 is 21.7 Å². The van der Waals surface area contributed by atoms with Crippen LogP contribution in [0.1, 0.15) is 24.5 Å². The molecule has 0 saturated carbocycles. The van der Waals surface area contributed by atoms with E-state index in [0.717, 1.165) is 54.4 Å². The molecule has 0 aliphatic carbocycles. The molecule has 0 spiro atoms. The smallest absolute Gasteiger partial charge is 0.201 e. The zero-order valence-electron chi connectivity index (χ0n) is 19.9. The van der Waals surface area contributed by atoms with Gasteiger partial charge in [0.1, 0.15) is 0 Å². The molecule has 2 aliphatic heterocycles. The molecule has 1 atom stereocenters. The number of hydrogen-bond acceptors (Lipinski definition) is 8. The first-order valence-electron chi connectivity index (χ1n) is 11.8. The van der Waals surface area contributed by atoms with Crippen molar-refractivity contribution in [3.8, 4) is 0 Å². The van der Waals surface area contributed by atoms with Crippen molar-refractivity contribution < 1.29 is 9.90 Å². The molecular weight excluding hydrogens is 428 g/mol. The average Bonchev–Trinajstić information content (AvgIpc) is 2.96. The third-order valence-corrected chi connectivity index (χ3v) is 6.65. The van der Waals surface area contributed by atoms with Crippen molar-refractivity contribution in [2.24, 2.45) is 10.9 Å². The number of hydrogen-bond donors (Lipinski definition) is 4. The first kappa shape index (κ1) is 23.8. The van der Waals surface area contributed by atoms with Crippen LogP contribution in [0.15, 0.2) is 47.5 Å². The highest BCUT2D eigenvalue weighted by Gasteiger charge is 2.24. The minimum Gasteiger partial charge on any atom is -0.398 e. The number of nitrogens with zero attached hydrogens (tertiary/aromatic N) is 3. The highest BCUT2D eigenvalue weighted by atomic mass is 16.3. The number of nitrogen functional groups attached to an aromatic ring is 2. The van der Waals surface area contributed by atoms with Gasteiger partial charge in [-0.15, -0.1) is 0 Å². The van der Waals surface area contributed by atoms with Crippen LogP contribution in [0.2, 0.25) is 0 Å². The van der Waals surface area contributed by atoms with Gasteiger partial charge in [-0.2, -0.15) is 0 Å². The summed E-state index contributed by atoms with van der Waals surface area (Å²) in [6, 6.07) is 11.5. The van der Waals surface area contributed by atoms with Crippen LogP contribution in [0.4, 0.5) is 22.7 Å². The molecule has 2 aromatic carbocycles. The number of aliphatic hydroxyl groups is 1. The van der Waals surface area contributed by atoms with Gasteiger partial charge in [-0.05, 0) is 43.2 Å². The molecule has 1 fully saturated rings. The zero-order valence-corrected chi connectivity index (χ0v) is 19.9. The molecule has 0 radical (unpaired) electrons. The van der Waals surface area contributed by atoms with Crippen molar-refractivity contribution >= 4 is 40.1 Å². The Morgan fingerprint density at radius 1 is 1.12 bits per heavy atom. The summed E-state index contributed by atoms with van der Waals surface area (Å²) >= 11 is 0. The molecular formula is C26H34N6O2. The quantitative estimate of drug-likeness (QED) is 0.504. The largest absolute Gasteiger partial charge is 0.398 e. The van der Waals surface area contributed by atoms with E-state index in [4.69, 9.17) is 21.6 Å². The molecule has 2 aliphatic rings. The van der Waals surface area contributed by atoms with Crippen LogP contribution in [-0.4, -0.2) is 61.0 Å². The Hall–Kier alpha value is -3.36. The Labute approximate surface area is 200 Å². The molecule has 1 saturated heterocycles. The van der Waals surface area contributed by atoms with Crippen LogP contribution in [0.3, 0.4) is 0 Å². The van der Waals surface area contributed by atoms with Gasteiger partial charge in [0, 0.05) is 55.6 Å². The Morgan fingerprint density at radius 2 is 1.88 bits per heavy atom. The number of benzene rings is 2. The fourth-order valence-electron chi connectivity index (χ4n) is 4.45. The standard InChI is InChI=1S/C26H34N6O2/c1-17-6-8-23(20-4-3-5-21(27)18(20)2)30-26(25(17)34)29-19-7-9-24(22(28)16-19)32-12-10-31(11-13-32)14-15-33/h3-5,7-9,16-17,33H,6,10-15,27-28H2,1-2H3,(H,29,30). The summed E-state index contributed by atoms with van der Waals surface area (Å²) in [6.45, 7) is 8.25. The lowest BCUT2D eigenvalue weighted by molar-refractivity contribution is -0.115. The molecule has 0 aromatic heterocycles. The second-order valence-corrected chi connectivity index (χ2v) is 9.02. The van der Waals surface area contributed by atoms with Gasteiger partial charge in [0.2, 0.25) is 5.78 Å². The van der Waals surface area contributed by atoms with Gasteiger partial charge in [-0.25, -0.2) is 4.99 Å². The summed E-state index contributed by atoms with van der Waals surface area (Å²) in [7, 11) is 0. The Bertz CT molecular complexity index is 1120. The molecule has 0 amide bonds. The van der Waals surface area contributed by atoms with Crippen molar-refractivity contribution in [2.45, 2.75) is 20.3 Å². The Balaban J connectivity index is 1.55. The highest BCUT2D eigenvalue weighted by molar-refractivity contribution is 6.44. The summed E-state index contributed by atoms with van der Waals surface area (Å²) in [6.07, 6.45) is 2.62. The zero-order chi connectivity index (χ0) is 24.2. The number of anilines is 4. The number of β-amino-alcohol motifs (C(OH)–C–C–N with tert-alkyl or cyclic N) is 1. The maximum Gasteiger partial charge on any atom is 0.201 e. The van der Waals surface area contributed by atoms with E-state index in [0.29, 0.717) is 30.2 Å². The van der Waals surface area contributed by atoms with Gasteiger partial charge in [0.25, 0.3) is 0 Å². The number of ketones is 1. The lowest BCUT2D eigenvalue weighted by Gasteiger charge is -2.36. The topological polar surface area (TPSA) is 120 Å². The summed E-state index contributed by atoms with van der Waals surface area (Å²) in [4.78, 5) is 22.3.